The van der Waals surface area contributed by atoms with Crippen LogP contribution in [0.15, 0.2) is 128 Å². The van der Waals surface area contributed by atoms with Crippen LogP contribution in [0.2, 0.25) is 0 Å². The Labute approximate surface area is 250 Å². The van der Waals surface area contributed by atoms with Crippen LogP contribution in [0.1, 0.15) is 25.1 Å². The van der Waals surface area contributed by atoms with Gasteiger partial charge in [0.25, 0.3) is 0 Å². The fraction of sp³-hybridized carbons (Fsp3) is 0.0789. The predicted octanol–water partition coefficient (Wildman–Crippen LogP) is 9.35. The second-order valence-corrected chi connectivity index (χ2v) is 10.9. The first-order valence-electron chi connectivity index (χ1n) is 14.7. The molecule has 0 unspecified atom stereocenters. The first-order valence-corrected chi connectivity index (χ1v) is 14.7. The summed E-state index contributed by atoms with van der Waals surface area (Å²) in [6, 6.07) is 32.8. The van der Waals surface area contributed by atoms with Crippen molar-refractivity contribution in [2.75, 3.05) is 11.9 Å². The molecule has 0 spiro atoms. The minimum atomic E-state index is 0.808. The maximum atomic E-state index is 5.11. The molecule has 5 nitrogen and oxygen atoms in total. The molecule has 0 fully saturated rings. The monoisotopic (exact) mass is 557 g/mol. The summed E-state index contributed by atoms with van der Waals surface area (Å²) in [5.74, 6) is 1.86. The van der Waals surface area contributed by atoms with Gasteiger partial charge in [0, 0.05) is 28.7 Å². The minimum absolute atomic E-state index is 0.808. The van der Waals surface area contributed by atoms with E-state index in [0.29, 0.717) is 0 Å². The van der Waals surface area contributed by atoms with E-state index in [1.54, 1.807) is 0 Å². The summed E-state index contributed by atoms with van der Waals surface area (Å²) in [6.07, 6.45) is 10.3. The topological polar surface area (TPSA) is 39.2 Å². The fourth-order valence-corrected chi connectivity index (χ4v) is 6.67. The summed E-state index contributed by atoms with van der Waals surface area (Å²) >= 11 is 0. The van der Waals surface area contributed by atoms with E-state index in [1.807, 2.05) is 13.0 Å². The van der Waals surface area contributed by atoms with Gasteiger partial charge in [0.1, 0.15) is 0 Å². The number of fused-ring (bicyclic) bond motifs is 8. The molecule has 5 heteroatoms. The van der Waals surface area contributed by atoms with Gasteiger partial charge in [0.05, 0.1) is 27.8 Å². The number of rotatable bonds is 5. The molecule has 0 amide bonds. The number of benzene rings is 4. The van der Waals surface area contributed by atoms with Gasteiger partial charge in [-0.25, -0.2) is 0 Å². The molecular formula is C38H31N5. The van der Waals surface area contributed by atoms with Crippen molar-refractivity contribution in [3.63, 3.8) is 0 Å². The summed E-state index contributed by atoms with van der Waals surface area (Å²) in [6.45, 7) is 8.87. The molecule has 0 bridgehead atoms. The third kappa shape index (κ3) is 3.68. The molecule has 0 saturated carbocycles. The van der Waals surface area contributed by atoms with Gasteiger partial charge in [0.2, 0.25) is 5.78 Å². The molecule has 1 N–H and O–H groups in total. The second-order valence-electron chi connectivity index (χ2n) is 10.9. The number of aromatic nitrogens is 4. The maximum Gasteiger partial charge on any atom is 0.222 e. The molecule has 4 aromatic carbocycles. The molecule has 0 aliphatic carbocycles. The van der Waals surface area contributed by atoms with E-state index in [2.05, 4.69) is 148 Å². The van der Waals surface area contributed by atoms with Gasteiger partial charge in [0.15, 0.2) is 5.82 Å². The molecule has 0 radical (unpaired) electrons. The van der Waals surface area contributed by atoms with Crippen molar-refractivity contribution in [2.24, 2.45) is 0 Å². The Balaban J connectivity index is 1.38. The van der Waals surface area contributed by atoms with Gasteiger partial charge < -0.3 is 9.88 Å². The molecule has 208 valence electrons. The lowest BCUT2D eigenvalue weighted by molar-refractivity contribution is 1.09. The van der Waals surface area contributed by atoms with Gasteiger partial charge in [-0.2, -0.15) is 4.98 Å². The SMILES string of the molecule is C=C/C=C(\C=C/C)c1cccc(-n2c3ccccc3c3cc(-n4c5ccccc5n5c6c(nc45)NC/C6=C\C)ccc32)c1. The predicted molar refractivity (Wildman–Crippen MR) is 181 cm³/mol. The largest absolute Gasteiger partial charge is 0.364 e. The first kappa shape index (κ1) is 25.2. The van der Waals surface area contributed by atoms with Gasteiger partial charge in [-0.3, -0.25) is 8.97 Å². The second kappa shape index (κ2) is 9.78. The van der Waals surface area contributed by atoms with Crippen molar-refractivity contribution in [3.05, 3.63) is 139 Å². The van der Waals surface area contributed by atoms with Crippen molar-refractivity contribution in [2.45, 2.75) is 13.8 Å². The molecule has 8 rings (SSSR count). The van der Waals surface area contributed by atoms with E-state index < -0.39 is 0 Å². The van der Waals surface area contributed by atoms with Crippen LogP contribution in [0.5, 0.6) is 0 Å². The van der Waals surface area contributed by atoms with Crippen LogP contribution in [-0.4, -0.2) is 25.1 Å². The molecule has 7 aromatic rings. The third-order valence-electron chi connectivity index (χ3n) is 8.52. The molecule has 1 aliphatic heterocycles. The van der Waals surface area contributed by atoms with Crippen LogP contribution < -0.4 is 5.32 Å². The average molecular weight is 558 g/mol. The number of nitrogens with one attached hydrogen (secondary N) is 1. The number of para-hydroxylation sites is 3. The number of hydrogen-bond donors (Lipinski definition) is 1. The van der Waals surface area contributed by atoms with Crippen molar-refractivity contribution < 1.29 is 0 Å². The highest BCUT2D eigenvalue weighted by Crippen LogP contribution is 2.38. The molecule has 43 heavy (non-hydrogen) atoms. The highest BCUT2D eigenvalue weighted by molar-refractivity contribution is 6.10. The van der Waals surface area contributed by atoms with E-state index in [1.165, 1.54) is 27.4 Å². The lowest BCUT2D eigenvalue weighted by atomic mass is 10.0. The Morgan fingerprint density at radius 3 is 2.37 bits per heavy atom. The summed E-state index contributed by atoms with van der Waals surface area (Å²) in [7, 11) is 0. The number of imidazole rings is 2. The van der Waals surface area contributed by atoms with E-state index in [4.69, 9.17) is 4.98 Å². The van der Waals surface area contributed by atoms with Crippen molar-refractivity contribution in [1.82, 2.24) is 18.5 Å². The van der Waals surface area contributed by atoms with Crippen LogP contribution in [0.3, 0.4) is 0 Å². The van der Waals surface area contributed by atoms with Gasteiger partial charge in [-0.1, -0.05) is 79.4 Å². The Morgan fingerprint density at radius 1 is 0.791 bits per heavy atom. The van der Waals surface area contributed by atoms with E-state index in [0.717, 1.165) is 57.4 Å². The van der Waals surface area contributed by atoms with Crippen molar-refractivity contribution >= 4 is 55.6 Å². The summed E-state index contributed by atoms with van der Waals surface area (Å²) in [5, 5.41) is 5.92. The molecule has 1 aliphatic rings. The van der Waals surface area contributed by atoms with Crippen molar-refractivity contribution in [1.29, 1.82) is 0 Å². The fourth-order valence-electron chi connectivity index (χ4n) is 6.67. The summed E-state index contributed by atoms with van der Waals surface area (Å²) in [5.41, 5.74) is 11.6. The molecule has 0 saturated heterocycles. The van der Waals surface area contributed by atoms with Crippen LogP contribution in [0.4, 0.5) is 5.82 Å². The minimum Gasteiger partial charge on any atom is -0.364 e. The Hall–Kier alpha value is -5.55. The average Bonchev–Trinajstić information content (AvgIpc) is 3.78. The number of allylic oxidation sites excluding steroid dienone is 6. The summed E-state index contributed by atoms with van der Waals surface area (Å²) in [4.78, 5) is 5.11. The van der Waals surface area contributed by atoms with Gasteiger partial charge >= 0.3 is 0 Å². The molecular weight excluding hydrogens is 526 g/mol. The quantitative estimate of drug-likeness (QED) is 0.214. The Kier molecular flexibility index (Phi) is 5.73. The first-order chi connectivity index (χ1) is 21.2. The molecule has 4 heterocycles. The van der Waals surface area contributed by atoms with Gasteiger partial charge in [-0.15, -0.1) is 0 Å². The van der Waals surface area contributed by atoms with Crippen molar-refractivity contribution in [3.8, 4) is 11.4 Å². The highest BCUT2D eigenvalue weighted by atomic mass is 15.3. The lowest BCUT2D eigenvalue weighted by Gasteiger charge is -2.11. The normalized spacial score (nSPS) is 14.6. The number of anilines is 1. The van der Waals surface area contributed by atoms with E-state index in [-0.39, 0.29) is 0 Å². The number of hydrogen-bond acceptors (Lipinski definition) is 2. The Bertz CT molecular complexity index is 2330. The van der Waals surface area contributed by atoms with Crippen LogP contribution >= 0.6 is 0 Å². The molecule has 3 aromatic heterocycles. The van der Waals surface area contributed by atoms with Crippen LogP contribution in [-0.2, 0) is 0 Å². The molecule has 0 atom stereocenters. The van der Waals surface area contributed by atoms with E-state index in [9.17, 15) is 0 Å². The summed E-state index contributed by atoms with van der Waals surface area (Å²) < 4.78 is 6.96. The van der Waals surface area contributed by atoms with E-state index >= 15 is 0 Å². The van der Waals surface area contributed by atoms with Crippen LogP contribution in [0, 0.1) is 0 Å². The zero-order chi connectivity index (χ0) is 29.1. The maximum absolute atomic E-state index is 5.11. The Morgan fingerprint density at radius 2 is 1.56 bits per heavy atom. The highest BCUT2D eigenvalue weighted by Gasteiger charge is 2.27. The lowest BCUT2D eigenvalue weighted by Crippen LogP contribution is -1.99. The van der Waals surface area contributed by atoms with Crippen LogP contribution in [0.25, 0.3) is 61.1 Å². The zero-order valence-electron chi connectivity index (χ0n) is 24.3. The third-order valence-corrected chi connectivity index (χ3v) is 8.52. The zero-order valence-corrected chi connectivity index (χ0v) is 24.3. The van der Waals surface area contributed by atoms with Gasteiger partial charge in [-0.05, 0) is 79.1 Å². The standard InChI is InChI=1S/C38H31N5/c1-4-12-26(13-5-2)27-14-11-15-28(22-27)41-32-17-8-7-16-30(32)31-23-29(20-21-33(31)41)42-34-18-9-10-19-35(34)43-36-25(6-3)24-39-37(36)40-38(42)43/h4-23,39H,1,24H2,2-3H3/b13-5-,25-6+,26-12+. The number of nitrogens with zero attached hydrogens (tertiary/aromatic N) is 4. The smallest absolute Gasteiger partial charge is 0.222 e.